The maximum Gasteiger partial charge on any atom is 0.278 e. The van der Waals surface area contributed by atoms with Crippen LogP contribution in [0.4, 0.5) is 11.4 Å². The maximum absolute atomic E-state index is 12.8. The van der Waals surface area contributed by atoms with E-state index < -0.39 is 0 Å². The molecule has 2 aromatic rings. The van der Waals surface area contributed by atoms with Gasteiger partial charge in [-0.15, -0.1) is 0 Å². The molecule has 0 unspecified atom stereocenters. The fraction of sp³-hybridized carbons (Fsp3) is 0.353. The summed E-state index contributed by atoms with van der Waals surface area (Å²) in [5.74, 6) is -0.128. The van der Waals surface area contributed by atoms with Gasteiger partial charge in [-0.1, -0.05) is 11.6 Å². The minimum absolute atomic E-state index is 0.128. The molecule has 118 valence electrons. The highest BCUT2D eigenvalue weighted by Gasteiger charge is 2.36. The molecular formula is C17H17ClN4O. The molecule has 2 aliphatic rings. The van der Waals surface area contributed by atoms with E-state index in [4.69, 9.17) is 11.6 Å². The zero-order valence-corrected chi connectivity index (χ0v) is 13.6. The van der Waals surface area contributed by atoms with Crippen molar-refractivity contribution in [1.29, 1.82) is 0 Å². The molecule has 0 spiro atoms. The fourth-order valence-electron chi connectivity index (χ4n) is 3.02. The third-order valence-electron chi connectivity index (χ3n) is 4.34. The number of carbonyl (C=O) groups is 1. The molecule has 0 N–H and O–H groups in total. The summed E-state index contributed by atoms with van der Waals surface area (Å²) >= 11 is 6.17. The Kier molecular flexibility index (Phi) is 3.45. The van der Waals surface area contributed by atoms with E-state index in [9.17, 15) is 4.79 Å². The number of hydrogen-bond acceptors (Lipinski definition) is 4. The SMILES string of the molecule is Cc1cnc(C(=O)N2CCN(C3CC3)c3ccc(Cl)cc32)cn1. The van der Waals surface area contributed by atoms with Gasteiger partial charge in [0, 0.05) is 30.4 Å². The van der Waals surface area contributed by atoms with Crippen molar-refractivity contribution in [3.8, 4) is 0 Å². The first-order valence-corrected chi connectivity index (χ1v) is 8.18. The van der Waals surface area contributed by atoms with E-state index in [0.29, 0.717) is 23.3 Å². The number of rotatable bonds is 2. The Morgan fingerprint density at radius 2 is 2.00 bits per heavy atom. The summed E-state index contributed by atoms with van der Waals surface area (Å²) in [6.07, 6.45) is 5.60. The number of hydrogen-bond donors (Lipinski definition) is 0. The molecular weight excluding hydrogens is 312 g/mol. The maximum atomic E-state index is 12.8. The number of halogens is 1. The van der Waals surface area contributed by atoms with E-state index in [-0.39, 0.29) is 5.91 Å². The van der Waals surface area contributed by atoms with Crippen LogP contribution < -0.4 is 9.80 Å². The first kappa shape index (κ1) is 14.5. The van der Waals surface area contributed by atoms with E-state index >= 15 is 0 Å². The van der Waals surface area contributed by atoms with E-state index in [1.165, 1.54) is 19.0 Å². The minimum atomic E-state index is -0.128. The molecule has 0 radical (unpaired) electrons. The summed E-state index contributed by atoms with van der Waals surface area (Å²) in [5.41, 5.74) is 3.10. The van der Waals surface area contributed by atoms with Gasteiger partial charge < -0.3 is 9.80 Å². The standard InChI is InChI=1S/C17H17ClN4O/c1-11-9-20-14(10-19-11)17(23)22-7-6-21(13-3-4-13)15-5-2-12(18)8-16(15)22/h2,5,8-10,13H,3-4,6-7H2,1H3. The Bertz CT molecular complexity index is 758. The Morgan fingerprint density at radius 3 is 2.70 bits per heavy atom. The molecule has 1 aromatic carbocycles. The van der Waals surface area contributed by atoms with Crippen LogP contribution in [0.1, 0.15) is 29.0 Å². The summed E-state index contributed by atoms with van der Waals surface area (Å²) in [6.45, 7) is 3.33. The van der Waals surface area contributed by atoms with Crippen LogP contribution in [0.2, 0.25) is 5.02 Å². The van der Waals surface area contributed by atoms with Crippen LogP contribution in [0.5, 0.6) is 0 Å². The molecule has 2 heterocycles. The second kappa shape index (κ2) is 5.49. The van der Waals surface area contributed by atoms with Gasteiger partial charge in [0.25, 0.3) is 5.91 Å². The lowest BCUT2D eigenvalue weighted by molar-refractivity contribution is 0.0981. The van der Waals surface area contributed by atoms with E-state index in [0.717, 1.165) is 23.6 Å². The molecule has 0 atom stereocenters. The molecule has 1 fully saturated rings. The van der Waals surface area contributed by atoms with Crippen molar-refractivity contribution in [2.24, 2.45) is 0 Å². The second-order valence-electron chi connectivity index (χ2n) is 6.06. The van der Waals surface area contributed by atoms with Gasteiger partial charge in [-0.25, -0.2) is 4.98 Å². The van der Waals surface area contributed by atoms with Gasteiger partial charge in [-0.2, -0.15) is 0 Å². The van der Waals surface area contributed by atoms with E-state index in [1.807, 2.05) is 25.1 Å². The monoisotopic (exact) mass is 328 g/mol. The van der Waals surface area contributed by atoms with Crippen LogP contribution in [0.15, 0.2) is 30.6 Å². The molecule has 4 rings (SSSR count). The summed E-state index contributed by atoms with van der Waals surface area (Å²) in [6, 6.07) is 6.36. The molecule has 0 saturated heterocycles. The summed E-state index contributed by atoms with van der Waals surface area (Å²) in [5, 5.41) is 0.634. The number of aryl methyl sites for hydroxylation is 1. The summed E-state index contributed by atoms with van der Waals surface area (Å²) in [7, 11) is 0. The number of nitrogens with zero attached hydrogens (tertiary/aromatic N) is 4. The molecule has 1 aliphatic heterocycles. The molecule has 0 bridgehead atoms. The van der Waals surface area contributed by atoms with Gasteiger partial charge in [0.2, 0.25) is 0 Å². The molecule has 6 heteroatoms. The van der Waals surface area contributed by atoms with Crippen LogP contribution >= 0.6 is 11.6 Å². The lowest BCUT2D eigenvalue weighted by atomic mass is 10.1. The number of benzene rings is 1. The van der Waals surface area contributed by atoms with Crippen molar-refractivity contribution >= 4 is 28.9 Å². The normalized spacial score (nSPS) is 17.1. The molecule has 5 nitrogen and oxygen atoms in total. The molecule has 1 amide bonds. The first-order chi connectivity index (χ1) is 11.1. The highest BCUT2D eigenvalue weighted by Crippen LogP contribution is 2.41. The summed E-state index contributed by atoms with van der Waals surface area (Å²) in [4.78, 5) is 25.4. The van der Waals surface area contributed by atoms with Gasteiger partial charge in [-0.05, 0) is 38.0 Å². The van der Waals surface area contributed by atoms with Crippen molar-refractivity contribution in [1.82, 2.24) is 9.97 Å². The zero-order valence-electron chi connectivity index (χ0n) is 12.9. The first-order valence-electron chi connectivity index (χ1n) is 7.80. The Hall–Kier alpha value is -2.14. The lowest BCUT2D eigenvalue weighted by Crippen LogP contribution is -2.45. The van der Waals surface area contributed by atoms with Crippen LogP contribution in [0.3, 0.4) is 0 Å². The second-order valence-corrected chi connectivity index (χ2v) is 6.49. The highest BCUT2D eigenvalue weighted by atomic mass is 35.5. The molecule has 23 heavy (non-hydrogen) atoms. The topological polar surface area (TPSA) is 49.3 Å². The Morgan fingerprint density at radius 1 is 1.17 bits per heavy atom. The Labute approximate surface area is 139 Å². The van der Waals surface area contributed by atoms with Crippen molar-refractivity contribution in [3.05, 3.63) is 47.0 Å². The fourth-order valence-corrected chi connectivity index (χ4v) is 3.19. The molecule has 1 aliphatic carbocycles. The summed E-state index contributed by atoms with van der Waals surface area (Å²) < 4.78 is 0. The van der Waals surface area contributed by atoms with Crippen LogP contribution in [0, 0.1) is 6.92 Å². The Balaban J connectivity index is 1.72. The van der Waals surface area contributed by atoms with Gasteiger partial charge in [0.15, 0.2) is 0 Å². The number of amides is 1. The third-order valence-corrected chi connectivity index (χ3v) is 4.57. The smallest absolute Gasteiger partial charge is 0.278 e. The lowest BCUT2D eigenvalue weighted by Gasteiger charge is -2.38. The predicted octanol–water partition coefficient (Wildman–Crippen LogP) is 3.07. The average Bonchev–Trinajstić information content (AvgIpc) is 3.38. The van der Waals surface area contributed by atoms with E-state index in [1.54, 1.807) is 11.1 Å². The van der Waals surface area contributed by atoms with Crippen LogP contribution in [-0.4, -0.2) is 35.0 Å². The van der Waals surface area contributed by atoms with Gasteiger partial charge in [0.1, 0.15) is 5.69 Å². The van der Waals surface area contributed by atoms with Crippen molar-refractivity contribution in [2.75, 3.05) is 22.9 Å². The van der Waals surface area contributed by atoms with Crippen LogP contribution in [0.25, 0.3) is 0 Å². The number of aromatic nitrogens is 2. The third kappa shape index (κ3) is 2.65. The molecule has 1 aromatic heterocycles. The zero-order chi connectivity index (χ0) is 16.0. The minimum Gasteiger partial charge on any atom is -0.365 e. The predicted molar refractivity (Wildman–Crippen MR) is 90.3 cm³/mol. The quantitative estimate of drug-likeness (QED) is 0.850. The number of fused-ring (bicyclic) bond motifs is 1. The van der Waals surface area contributed by atoms with Crippen LogP contribution in [-0.2, 0) is 0 Å². The highest BCUT2D eigenvalue weighted by molar-refractivity contribution is 6.31. The van der Waals surface area contributed by atoms with Crippen molar-refractivity contribution in [3.63, 3.8) is 0 Å². The van der Waals surface area contributed by atoms with Crippen molar-refractivity contribution < 1.29 is 4.79 Å². The van der Waals surface area contributed by atoms with Gasteiger partial charge in [0.05, 0.1) is 23.3 Å². The largest absolute Gasteiger partial charge is 0.365 e. The van der Waals surface area contributed by atoms with Crippen molar-refractivity contribution in [2.45, 2.75) is 25.8 Å². The van der Waals surface area contributed by atoms with Gasteiger partial charge >= 0.3 is 0 Å². The number of carbonyl (C=O) groups excluding carboxylic acids is 1. The average molecular weight is 329 g/mol. The van der Waals surface area contributed by atoms with E-state index in [2.05, 4.69) is 14.9 Å². The molecule has 1 saturated carbocycles. The van der Waals surface area contributed by atoms with Gasteiger partial charge in [-0.3, -0.25) is 9.78 Å². The number of anilines is 2.